The second-order valence-electron chi connectivity index (χ2n) is 11.9. The molecule has 3 aromatic heterocycles. The molecule has 0 saturated carbocycles. The van der Waals surface area contributed by atoms with Gasteiger partial charge >= 0.3 is 6.03 Å². The number of carbonyl (C=O) groups excluding carboxylic acids is 1. The van der Waals surface area contributed by atoms with E-state index in [-0.39, 0.29) is 11.4 Å². The largest absolute Gasteiger partial charge is 0.488 e. The van der Waals surface area contributed by atoms with Gasteiger partial charge in [0.25, 0.3) is 0 Å². The fourth-order valence-electron chi connectivity index (χ4n) is 5.01. The molecule has 0 atom stereocenters. The molecule has 10 nitrogen and oxygen atoms in total. The number of hydrogen-bond acceptors (Lipinski definition) is 7. The summed E-state index contributed by atoms with van der Waals surface area (Å²) in [6.45, 7) is 8.75. The number of pyridine rings is 1. The van der Waals surface area contributed by atoms with Gasteiger partial charge in [-0.1, -0.05) is 64.1 Å². The summed E-state index contributed by atoms with van der Waals surface area (Å²) in [6, 6.07) is 25.1. The zero-order chi connectivity index (χ0) is 32.1. The average Bonchev–Trinajstić information content (AvgIpc) is 3.49. The Morgan fingerprint density at radius 1 is 0.826 bits per heavy atom. The number of anilines is 4. The van der Waals surface area contributed by atoms with E-state index >= 15 is 0 Å². The summed E-state index contributed by atoms with van der Waals surface area (Å²) in [5.41, 5.74) is 4.36. The summed E-state index contributed by atoms with van der Waals surface area (Å²) < 4.78 is 8.05. The van der Waals surface area contributed by atoms with Crippen LogP contribution in [0.4, 0.5) is 27.9 Å². The number of amides is 2. The Kier molecular flexibility index (Phi) is 8.60. The summed E-state index contributed by atoms with van der Waals surface area (Å²) in [7, 11) is 0. The number of urea groups is 1. The standard InChI is InChI=1S/C36H36N8O2/c1-5-24-9-8-10-26(19-24)44-34(21-31(43-44)36(2,3)4)42-35(45)40-29-13-14-30(28-12-7-6-11-27(28)29)46-23-25-15-16-38-32(20-25)41-33-22-37-17-18-39-33/h6-22H,5,23H2,1-4H3,(H,38,39,41)(H2,40,42,45). The van der Waals surface area contributed by atoms with E-state index < -0.39 is 0 Å². The van der Waals surface area contributed by atoms with Crippen LogP contribution in [-0.2, 0) is 18.4 Å². The molecule has 6 aromatic rings. The molecule has 0 spiro atoms. The highest BCUT2D eigenvalue weighted by atomic mass is 16.5. The second kappa shape index (κ2) is 13.1. The Balaban J connectivity index is 1.20. The molecule has 10 heteroatoms. The van der Waals surface area contributed by atoms with Gasteiger partial charge in [-0.3, -0.25) is 10.3 Å². The van der Waals surface area contributed by atoms with Gasteiger partial charge in [0, 0.05) is 40.8 Å². The molecule has 0 aliphatic carbocycles. The number of nitrogens with one attached hydrogen (secondary N) is 3. The van der Waals surface area contributed by atoms with Crippen LogP contribution in [0.25, 0.3) is 16.5 Å². The van der Waals surface area contributed by atoms with Crippen LogP contribution in [0.2, 0.25) is 0 Å². The molecule has 0 fully saturated rings. The Hall–Kier alpha value is -5.77. The van der Waals surface area contributed by atoms with Crippen LogP contribution < -0.4 is 20.7 Å². The predicted molar refractivity (Wildman–Crippen MR) is 182 cm³/mol. The number of nitrogens with zero attached hydrogens (tertiary/aromatic N) is 5. The van der Waals surface area contributed by atoms with Crippen LogP contribution >= 0.6 is 0 Å². The lowest BCUT2D eigenvalue weighted by molar-refractivity contribution is 0.262. The number of hydrogen-bond donors (Lipinski definition) is 3. The van der Waals surface area contributed by atoms with E-state index in [1.807, 2.05) is 66.7 Å². The van der Waals surface area contributed by atoms with Crippen LogP contribution in [0.1, 0.15) is 44.5 Å². The van der Waals surface area contributed by atoms with E-state index in [1.165, 1.54) is 5.56 Å². The van der Waals surface area contributed by atoms with Crippen molar-refractivity contribution >= 4 is 39.9 Å². The van der Waals surface area contributed by atoms with E-state index in [2.05, 4.69) is 70.7 Å². The van der Waals surface area contributed by atoms with Gasteiger partial charge in [0.1, 0.15) is 29.8 Å². The summed E-state index contributed by atoms with van der Waals surface area (Å²) >= 11 is 0. The molecular weight excluding hydrogens is 576 g/mol. The Morgan fingerprint density at radius 2 is 1.65 bits per heavy atom. The highest BCUT2D eigenvalue weighted by Gasteiger charge is 2.22. The lowest BCUT2D eigenvalue weighted by atomic mass is 9.92. The minimum atomic E-state index is -0.369. The lowest BCUT2D eigenvalue weighted by Crippen LogP contribution is -2.21. The maximum Gasteiger partial charge on any atom is 0.324 e. The van der Waals surface area contributed by atoms with Crippen molar-refractivity contribution in [2.24, 2.45) is 0 Å². The van der Waals surface area contributed by atoms with Gasteiger partial charge in [-0.25, -0.2) is 19.4 Å². The van der Waals surface area contributed by atoms with Crippen molar-refractivity contribution < 1.29 is 9.53 Å². The van der Waals surface area contributed by atoms with Gasteiger partial charge in [0.05, 0.1) is 23.3 Å². The molecule has 0 bridgehead atoms. The van der Waals surface area contributed by atoms with E-state index in [9.17, 15) is 4.79 Å². The zero-order valence-corrected chi connectivity index (χ0v) is 26.3. The smallest absolute Gasteiger partial charge is 0.324 e. The number of aryl methyl sites for hydroxylation is 1. The number of ether oxygens (including phenoxy) is 1. The first-order chi connectivity index (χ1) is 22.3. The zero-order valence-electron chi connectivity index (χ0n) is 26.3. The van der Waals surface area contributed by atoms with Gasteiger partial charge in [0.2, 0.25) is 0 Å². The third-order valence-electron chi connectivity index (χ3n) is 7.45. The SMILES string of the molecule is CCc1cccc(-n2nc(C(C)(C)C)cc2NC(=O)Nc2ccc(OCc3ccnc(Nc4cnccn4)c3)c3ccccc23)c1. The van der Waals surface area contributed by atoms with Crippen molar-refractivity contribution in [3.63, 3.8) is 0 Å². The van der Waals surface area contributed by atoms with E-state index in [0.717, 1.165) is 34.1 Å². The van der Waals surface area contributed by atoms with Gasteiger partial charge in [-0.05, 0) is 53.9 Å². The van der Waals surface area contributed by atoms with Crippen molar-refractivity contribution in [1.29, 1.82) is 0 Å². The maximum absolute atomic E-state index is 13.4. The van der Waals surface area contributed by atoms with Gasteiger partial charge in [-0.2, -0.15) is 5.10 Å². The third-order valence-corrected chi connectivity index (χ3v) is 7.45. The molecule has 0 unspecified atom stereocenters. The minimum Gasteiger partial charge on any atom is -0.488 e. The van der Waals surface area contributed by atoms with Crippen LogP contribution in [0, 0.1) is 0 Å². The van der Waals surface area contributed by atoms with Crippen molar-refractivity contribution in [1.82, 2.24) is 24.7 Å². The first-order valence-electron chi connectivity index (χ1n) is 15.2. The molecule has 0 aliphatic rings. The fourth-order valence-corrected chi connectivity index (χ4v) is 5.01. The molecule has 2 amide bonds. The van der Waals surface area contributed by atoms with Crippen molar-refractivity contribution in [2.45, 2.75) is 46.1 Å². The number of rotatable bonds is 9. The minimum absolute atomic E-state index is 0.197. The number of fused-ring (bicyclic) bond motifs is 1. The highest BCUT2D eigenvalue weighted by molar-refractivity contribution is 6.07. The molecule has 6 rings (SSSR count). The quantitative estimate of drug-likeness (QED) is 0.151. The Bertz CT molecular complexity index is 1980. The molecule has 46 heavy (non-hydrogen) atoms. The van der Waals surface area contributed by atoms with Crippen molar-refractivity contribution in [3.05, 3.63) is 120 Å². The molecule has 0 saturated heterocycles. The normalized spacial score (nSPS) is 11.3. The molecule has 232 valence electrons. The summed E-state index contributed by atoms with van der Waals surface area (Å²) in [4.78, 5) is 26.1. The molecular formula is C36H36N8O2. The maximum atomic E-state index is 13.4. The van der Waals surface area contributed by atoms with Gasteiger partial charge < -0.3 is 15.4 Å². The van der Waals surface area contributed by atoms with Crippen molar-refractivity contribution in [3.8, 4) is 11.4 Å². The van der Waals surface area contributed by atoms with E-state index in [1.54, 1.807) is 29.5 Å². The number of benzene rings is 3. The molecule has 3 heterocycles. The number of aromatic nitrogens is 5. The summed E-state index contributed by atoms with van der Waals surface area (Å²) in [5.74, 6) is 2.54. The van der Waals surface area contributed by atoms with Gasteiger partial charge in [0.15, 0.2) is 0 Å². The van der Waals surface area contributed by atoms with Crippen LogP contribution in [0.3, 0.4) is 0 Å². The first-order valence-corrected chi connectivity index (χ1v) is 15.2. The highest BCUT2D eigenvalue weighted by Crippen LogP contribution is 2.33. The molecule has 3 N–H and O–H groups in total. The fraction of sp³-hybridized carbons (Fsp3) is 0.194. The van der Waals surface area contributed by atoms with Crippen molar-refractivity contribution in [2.75, 3.05) is 16.0 Å². The van der Waals surface area contributed by atoms with E-state index in [4.69, 9.17) is 9.84 Å². The topological polar surface area (TPSA) is 119 Å². The van der Waals surface area contributed by atoms with Crippen LogP contribution in [-0.4, -0.2) is 30.8 Å². The molecule has 0 radical (unpaired) electrons. The monoisotopic (exact) mass is 612 g/mol. The summed E-state index contributed by atoms with van der Waals surface area (Å²) in [5, 5.41) is 15.8. The molecule has 3 aromatic carbocycles. The molecule has 0 aliphatic heterocycles. The van der Waals surface area contributed by atoms with E-state index in [0.29, 0.717) is 35.5 Å². The second-order valence-corrected chi connectivity index (χ2v) is 11.9. The summed E-state index contributed by atoms with van der Waals surface area (Å²) in [6.07, 6.45) is 7.49. The third kappa shape index (κ3) is 6.96. The predicted octanol–water partition coefficient (Wildman–Crippen LogP) is 8.04. The lowest BCUT2D eigenvalue weighted by Gasteiger charge is -2.15. The van der Waals surface area contributed by atoms with Crippen LogP contribution in [0.15, 0.2) is 104 Å². The Morgan fingerprint density at radius 3 is 2.43 bits per heavy atom. The Labute approximate surface area is 267 Å². The number of carbonyl (C=O) groups is 1. The van der Waals surface area contributed by atoms with Crippen LogP contribution in [0.5, 0.6) is 5.75 Å². The first kappa shape index (κ1) is 30.3. The average molecular weight is 613 g/mol. The van der Waals surface area contributed by atoms with Gasteiger partial charge in [-0.15, -0.1) is 0 Å².